The molecular formula is C15H15N7O. The minimum Gasteiger partial charge on any atom is -0.304 e. The van der Waals surface area contributed by atoms with Gasteiger partial charge in [0.25, 0.3) is 5.91 Å². The number of pyridine rings is 1. The predicted molar refractivity (Wildman–Crippen MR) is 83.6 cm³/mol. The molecule has 0 radical (unpaired) electrons. The number of hydrogen-bond donors (Lipinski definition) is 1. The Labute approximate surface area is 132 Å². The number of nitrogens with zero attached hydrogens (tertiary/aromatic N) is 6. The summed E-state index contributed by atoms with van der Waals surface area (Å²) in [5, 5.41) is 10.9. The van der Waals surface area contributed by atoms with Crippen LogP contribution in [0, 0.1) is 0 Å². The zero-order valence-corrected chi connectivity index (χ0v) is 12.7. The van der Waals surface area contributed by atoms with Crippen LogP contribution in [0.5, 0.6) is 0 Å². The van der Waals surface area contributed by atoms with E-state index in [0.29, 0.717) is 22.9 Å². The zero-order valence-electron chi connectivity index (χ0n) is 12.7. The van der Waals surface area contributed by atoms with Crippen LogP contribution >= 0.6 is 0 Å². The largest absolute Gasteiger partial charge is 0.304 e. The van der Waals surface area contributed by atoms with E-state index in [-0.39, 0.29) is 11.9 Å². The lowest BCUT2D eigenvalue weighted by Gasteiger charge is -2.03. The summed E-state index contributed by atoms with van der Waals surface area (Å²) in [6.45, 7) is 3.91. The van der Waals surface area contributed by atoms with E-state index in [1.165, 1.54) is 23.4 Å². The molecular weight excluding hydrogens is 294 g/mol. The molecule has 116 valence electrons. The Morgan fingerprint density at radius 1 is 1.13 bits per heavy atom. The van der Waals surface area contributed by atoms with Crippen molar-refractivity contribution in [1.82, 2.24) is 29.9 Å². The fourth-order valence-electron chi connectivity index (χ4n) is 1.84. The van der Waals surface area contributed by atoms with Crippen molar-refractivity contribution in [2.75, 3.05) is 5.32 Å². The number of carbonyl (C=O) groups excluding carboxylic acids is 1. The predicted octanol–water partition coefficient (Wildman–Crippen LogP) is 1.96. The Morgan fingerprint density at radius 2 is 1.91 bits per heavy atom. The molecule has 3 aromatic rings. The van der Waals surface area contributed by atoms with Gasteiger partial charge in [0.1, 0.15) is 5.69 Å². The van der Waals surface area contributed by atoms with Crippen LogP contribution in [0.3, 0.4) is 0 Å². The first-order valence-electron chi connectivity index (χ1n) is 7.10. The molecule has 0 aromatic carbocycles. The highest BCUT2D eigenvalue weighted by molar-refractivity contribution is 6.03. The van der Waals surface area contributed by atoms with Crippen molar-refractivity contribution in [3.63, 3.8) is 0 Å². The first-order valence-corrected chi connectivity index (χ1v) is 7.10. The summed E-state index contributed by atoms with van der Waals surface area (Å²) in [7, 11) is 0. The number of aromatic nitrogens is 6. The van der Waals surface area contributed by atoms with Gasteiger partial charge in [-0.05, 0) is 26.0 Å². The molecule has 0 aliphatic carbocycles. The standard InChI is InChI=1S/C15H15N7O/c1-10(2)22-19-9-13(21-22)20-15(23)11-7-17-14(18-8-11)12-5-3-4-6-16-12/h3-10H,1-2H3,(H,20,21,23). The van der Waals surface area contributed by atoms with Crippen molar-refractivity contribution in [2.24, 2.45) is 0 Å². The fourth-order valence-corrected chi connectivity index (χ4v) is 1.84. The molecule has 0 spiro atoms. The summed E-state index contributed by atoms with van der Waals surface area (Å²) in [5.74, 6) is 0.513. The van der Waals surface area contributed by atoms with Gasteiger partial charge < -0.3 is 5.32 Å². The first-order chi connectivity index (χ1) is 11.1. The highest BCUT2D eigenvalue weighted by Crippen LogP contribution is 2.11. The van der Waals surface area contributed by atoms with Crippen molar-refractivity contribution >= 4 is 11.7 Å². The molecule has 0 unspecified atom stereocenters. The molecule has 0 bridgehead atoms. The molecule has 23 heavy (non-hydrogen) atoms. The van der Waals surface area contributed by atoms with E-state index in [0.717, 1.165) is 0 Å². The van der Waals surface area contributed by atoms with Gasteiger partial charge in [0.05, 0.1) is 17.8 Å². The molecule has 0 aliphatic heterocycles. The van der Waals surface area contributed by atoms with Gasteiger partial charge in [0.15, 0.2) is 11.6 Å². The Hall–Kier alpha value is -3.16. The second-order valence-electron chi connectivity index (χ2n) is 5.11. The summed E-state index contributed by atoms with van der Waals surface area (Å²) in [4.78, 5) is 26.2. The highest BCUT2D eigenvalue weighted by Gasteiger charge is 2.11. The summed E-state index contributed by atoms with van der Waals surface area (Å²) in [6, 6.07) is 5.60. The molecule has 3 rings (SSSR count). The van der Waals surface area contributed by atoms with Crippen LogP contribution < -0.4 is 5.32 Å². The Kier molecular flexibility index (Phi) is 4.05. The van der Waals surface area contributed by atoms with Gasteiger partial charge in [0, 0.05) is 18.6 Å². The van der Waals surface area contributed by atoms with Crippen LogP contribution in [0.2, 0.25) is 0 Å². The lowest BCUT2D eigenvalue weighted by molar-refractivity contribution is 0.102. The maximum absolute atomic E-state index is 12.2. The van der Waals surface area contributed by atoms with E-state index in [9.17, 15) is 4.79 Å². The van der Waals surface area contributed by atoms with E-state index >= 15 is 0 Å². The summed E-state index contributed by atoms with van der Waals surface area (Å²) >= 11 is 0. The van der Waals surface area contributed by atoms with Gasteiger partial charge in [-0.1, -0.05) is 6.07 Å². The summed E-state index contributed by atoms with van der Waals surface area (Å²) in [6.07, 6.45) is 6.08. The topological polar surface area (TPSA) is 98.5 Å². The van der Waals surface area contributed by atoms with E-state index in [1.54, 1.807) is 12.3 Å². The molecule has 0 saturated carbocycles. The Bertz CT molecular complexity index is 796. The smallest absolute Gasteiger partial charge is 0.260 e. The summed E-state index contributed by atoms with van der Waals surface area (Å²) in [5.41, 5.74) is 0.989. The molecule has 8 nitrogen and oxygen atoms in total. The van der Waals surface area contributed by atoms with Crippen LogP contribution in [0.25, 0.3) is 11.5 Å². The Balaban J connectivity index is 1.72. The average molecular weight is 309 g/mol. The van der Waals surface area contributed by atoms with Gasteiger partial charge in [-0.25, -0.2) is 9.97 Å². The Morgan fingerprint density at radius 3 is 2.52 bits per heavy atom. The third-order valence-electron chi connectivity index (χ3n) is 3.02. The van der Waals surface area contributed by atoms with Crippen molar-refractivity contribution in [3.05, 3.63) is 48.5 Å². The van der Waals surface area contributed by atoms with E-state index < -0.39 is 0 Å². The van der Waals surface area contributed by atoms with Crippen LogP contribution in [-0.4, -0.2) is 35.9 Å². The molecule has 0 saturated heterocycles. The molecule has 0 fully saturated rings. The number of carbonyl (C=O) groups is 1. The lowest BCUT2D eigenvalue weighted by atomic mass is 10.3. The number of amides is 1. The quantitative estimate of drug-likeness (QED) is 0.791. The summed E-state index contributed by atoms with van der Waals surface area (Å²) < 4.78 is 0. The van der Waals surface area contributed by atoms with Gasteiger partial charge >= 0.3 is 0 Å². The number of rotatable bonds is 4. The second kappa shape index (κ2) is 6.30. The van der Waals surface area contributed by atoms with Crippen molar-refractivity contribution < 1.29 is 4.79 Å². The van der Waals surface area contributed by atoms with E-state index in [2.05, 4.69) is 30.5 Å². The first kappa shape index (κ1) is 14.8. The SMILES string of the molecule is CC(C)n1ncc(NC(=O)c2cnc(-c3ccccn3)nc2)n1. The van der Waals surface area contributed by atoms with Gasteiger partial charge in [-0.3, -0.25) is 9.78 Å². The van der Waals surface area contributed by atoms with Gasteiger partial charge in [0.2, 0.25) is 0 Å². The minimum atomic E-state index is -0.339. The highest BCUT2D eigenvalue weighted by atomic mass is 16.1. The average Bonchev–Trinajstić information content (AvgIpc) is 3.04. The van der Waals surface area contributed by atoms with Gasteiger partial charge in [-0.15, -0.1) is 5.10 Å². The second-order valence-corrected chi connectivity index (χ2v) is 5.11. The monoisotopic (exact) mass is 309 g/mol. The van der Waals surface area contributed by atoms with Crippen molar-refractivity contribution in [1.29, 1.82) is 0 Å². The fraction of sp³-hybridized carbons (Fsp3) is 0.200. The maximum atomic E-state index is 12.2. The normalized spacial score (nSPS) is 10.7. The number of hydrogen-bond acceptors (Lipinski definition) is 6. The van der Waals surface area contributed by atoms with Crippen molar-refractivity contribution in [2.45, 2.75) is 19.9 Å². The molecule has 1 N–H and O–H groups in total. The molecule has 0 aliphatic rings. The molecule has 1 amide bonds. The minimum absolute atomic E-state index is 0.127. The molecule has 0 atom stereocenters. The number of nitrogens with one attached hydrogen (secondary N) is 1. The van der Waals surface area contributed by atoms with Crippen molar-refractivity contribution in [3.8, 4) is 11.5 Å². The third kappa shape index (κ3) is 3.37. The third-order valence-corrected chi connectivity index (χ3v) is 3.02. The van der Waals surface area contributed by atoms with Crippen LogP contribution in [0.15, 0.2) is 43.0 Å². The lowest BCUT2D eigenvalue weighted by Crippen LogP contribution is -2.14. The molecule has 8 heteroatoms. The zero-order chi connectivity index (χ0) is 16.2. The maximum Gasteiger partial charge on any atom is 0.260 e. The van der Waals surface area contributed by atoms with E-state index in [1.807, 2.05) is 26.0 Å². The number of anilines is 1. The molecule has 3 aromatic heterocycles. The van der Waals surface area contributed by atoms with E-state index in [4.69, 9.17) is 0 Å². The molecule has 3 heterocycles. The van der Waals surface area contributed by atoms with Crippen LogP contribution in [0.1, 0.15) is 30.2 Å². The van der Waals surface area contributed by atoms with Crippen LogP contribution in [-0.2, 0) is 0 Å². The van der Waals surface area contributed by atoms with Gasteiger partial charge in [-0.2, -0.15) is 9.90 Å². The van der Waals surface area contributed by atoms with Crippen LogP contribution in [0.4, 0.5) is 5.82 Å².